The van der Waals surface area contributed by atoms with E-state index in [1.807, 2.05) is 6.07 Å². The van der Waals surface area contributed by atoms with Crippen molar-refractivity contribution in [1.29, 1.82) is 0 Å². The maximum Gasteiger partial charge on any atom is 0.235 e. The van der Waals surface area contributed by atoms with E-state index in [1.54, 1.807) is 0 Å². The fourth-order valence-electron chi connectivity index (χ4n) is 7.88. The molecule has 222 valence electrons. The van der Waals surface area contributed by atoms with Gasteiger partial charge in [-0.25, -0.2) is 15.0 Å². The highest BCUT2D eigenvalue weighted by molar-refractivity contribution is 6.36. The van der Waals surface area contributed by atoms with Crippen LogP contribution in [-0.4, -0.2) is 23.9 Å². The van der Waals surface area contributed by atoms with Gasteiger partial charge in [-0.05, 0) is 23.6 Å². The molecule has 0 spiro atoms. The average Bonchev–Trinajstić information content (AvgIpc) is 3.69. The monoisotopic (exact) mass is 611 g/mol. The number of fused-ring (bicyclic) bond motifs is 7. The Morgan fingerprint density at radius 2 is 1.02 bits per heavy atom. The zero-order valence-electron chi connectivity index (χ0n) is 25.7. The van der Waals surface area contributed by atoms with Crippen molar-refractivity contribution in [2.24, 2.45) is 0 Å². The lowest BCUT2D eigenvalue weighted by molar-refractivity contribution is 1.02. The molecule has 0 saturated heterocycles. The van der Waals surface area contributed by atoms with E-state index in [4.69, 9.17) is 15.0 Å². The van der Waals surface area contributed by atoms with E-state index >= 15 is 0 Å². The number of rotatable bonds is 3. The van der Waals surface area contributed by atoms with Crippen molar-refractivity contribution in [2.45, 2.75) is 0 Å². The fraction of sp³-hybridized carbons (Fsp3) is 0. The van der Waals surface area contributed by atoms with Crippen LogP contribution in [0.2, 0.25) is 0 Å². The Balaban J connectivity index is 1.43. The van der Waals surface area contributed by atoms with Crippen LogP contribution in [0.5, 0.6) is 0 Å². The van der Waals surface area contributed by atoms with Crippen molar-refractivity contribution >= 4 is 70.8 Å². The first kappa shape index (κ1) is 25.6. The zero-order chi connectivity index (χ0) is 31.3. The van der Waals surface area contributed by atoms with Crippen molar-refractivity contribution < 1.29 is 0 Å². The molecule has 0 atom stereocenters. The van der Waals surface area contributed by atoms with Gasteiger partial charge in [-0.2, -0.15) is 0 Å². The van der Waals surface area contributed by atoms with Crippen LogP contribution in [0, 0.1) is 0 Å². The second-order valence-electron chi connectivity index (χ2n) is 12.4. The topological polar surface area (TPSA) is 48.0 Å². The molecule has 4 heterocycles. The van der Waals surface area contributed by atoms with Gasteiger partial charge in [-0.1, -0.05) is 133 Å². The second kappa shape index (κ2) is 9.47. The van der Waals surface area contributed by atoms with Crippen LogP contribution in [0.15, 0.2) is 152 Å². The van der Waals surface area contributed by atoms with E-state index in [-0.39, 0.29) is 0 Å². The largest absolute Gasteiger partial charge is 0.291 e. The van der Waals surface area contributed by atoms with E-state index in [9.17, 15) is 0 Å². The first-order valence-electron chi connectivity index (χ1n) is 16.2. The summed E-state index contributed by atoms with van der Waals surface area (Å²) in [5, 5.41) is 7.96. The fourth-order valence-corrected chi connectivity index (χ4v) is 7.88. The summed E-state index contributed by atoms with van der Waals surface area (Å²) >= 11 is 0. The van der Waals surface area contributed by atoms with Crippen molar-refractivity contribution in [1.82, 2.24) is 23.9 Å². The van der Waals surface area contributed by atoms with Crippen LogP contribution < -0.4 is 0 Å². The molecule has 4 aromatic heterocycles. The summed E-state index contributed by atoms with van der Waals surface area (Å²) in [6.45, 7) is 0. The maximum atomic E-state index is 5.47. The third kappa shape index (κ3) is 3.32. The highest BCUT2D eigenvalue weighted by Crippen LogP contribution is 2.47. The SMILES string of the molecule is c1ccc(-c2nc(-n3c4cccc5c6ccccc6n6c(-c7ccccc7)nc7c8ccccc8c3c(c54)c76)nc3ccccc23)cc1. The molecule has 0 unspecified atom stereocenters. The summed E-state index contributed by atoms with van der Waals surface area (Å²) in [5.41, 5.74) is 9.34. The lowest BCUT2D eigenvalue weighted by Gasteiger charge is -2.13. The lowest BCUT2D eigenvalue weighted by Crippen LogP contribution is -2.04. The molecule has 48 heavy (non-hydrogen) atoms. The molecule has 0 aliphatic carbocycles. The van der Waals surface area contributed by atoms with Crippen LogP contribution in [-0.2, 0) is 0 Å². The van der Waals surface area contributed by atoms with Crippen LogP contribution in [0.25, 0.3) is 99.4 Å². The normalized spacial score (nSPS) is 12.2. The van der Waals surface area contributed by atoms with Gasteiger partial charge in [0, 0.05) is 43.4 Å². The van der Waals surface area contributed by atoms with Gasteiger partial charge in [-0.3, -0.25) is 8.97 Å². The average molecular weight is 612 g/mol. The molecule has 11 aromatic rings. The number of benzene rings is 7. The quantitative estimate of drug-likeness (QED) is 0.200. The van der Waals surface area contributed by atoms with Crippen molar-refractivity contribution in [3.05, 3.63) is 152 Å². The standard InChI is InChI=1S/C43H25N5/c1-3-14-26(15-4-1)38-32-21-9-11-23-33(32)44-43(46-38)48-35-25-13-22-29-28-18-10-12-24-34(28)47-41-37(36(29)35)40(48)31-20-8-7-19-30(31)39(41)45-42(47)27-16-5-2-6-17-27/h1-25H. The van der Waals surface area contributed by atoms with Gasteiger partial charge < -0.3 is 0 Å². The number of para-hydroxylation sites is 2. The van der Waals surface area contributed by atoms with Crippen molar-refractivity contribution in [3.63, 3.8) is 0 Å². The van der Waals surface area contributed by atoms with E-state index in [2.05, 4.69) is 155 Å². The number of nitrogens with zero attached hydrogens (tertiary/aromatic N) is 5. The predicted octanol–water partition coefficient (Wildman–Crippen LogP) is 10.6. The Kier molecular flexibility index (Phi) is 5.05. The van der Waals surface area contributed by atoms with Crippen molar-refractivity contribution in [2.75, 3.05) is 0 Å². The van der Waals surface area contributed by atoms with Crippen LogP contribution in [0.4, 0.5) is 0 Å². The molecule has 5 heteroatoms. The highest BCUT2D eigenvalue weighted by atomic mass is 15.2. The number of aromatic nitrogens is 5. The molecule has 5 nitrogen and oxygen atoms in total. The van der Waals surface area contributed by atoms with Gasteiger partial charge >= 0.3 is 0 Å². The molecule has 11 rings (SSSR count). The highest BCUT2D eigenvalue weighted by Gasteiger charge is 2.27. The summed E-state index contributed by atoms with van der Waals surface area (Å²) in [5.74, 6) is 1.58. The Morgan fingerprint density at radius 3 is 1.83 bits per heavy atom. The molecule has 0 radical (unpaired) electrons. The molecule has 0 fully saturated rings. The predicted molar refractivity (Wildman–Crippen MR) is 197 cm³/mol. The molecule has 0 N–H and O–H groups in total. The van der Waals surface area contributed by atoms with Crippen LogP contribution in [0.1, 0.15) is 0 Å². The van der Waals surface area contributed by atoms with Gasteiger partial charge in [0.05, 0.1) is 38.8 Å². The Hall–Kier alpha value is -6.59. The van der Waals surface area contributed by atoms with Gasteiger partial charge in [0.25, 0.3) is 0 Å². The Labute approximate surface area is 274 Å². The first-order chi connectivity index (χ1) is 23.8. The molecule has 7 aromatic carbocycles. The summed E-state index contributed by atoms with van der Waals surface area (Å²) in [7, 11) is 0. The smallest absolute Gasteiger partial charge is 0.235 e. The minimum Gasteiger partial charge on any atom is -0.291 e. The third-order valence-electron chi connectivity index (χ3n) is 9.85. The number of hydrogen-bond acceptors (Lipinski definition) is 3. The van der Waals surface area contributed by atoms with E-state index < -0.39 is 0 Å². The third-order valence-corrected chi connectivity index (χ3v) is 9.85. The number of hydrogen-bond donors (Lipinski definition) is 0. The van der Waals surface area contributed by atoms with E-state index in [0.29, 0.717) is 5.95 Å². The summed E-state index contributed by atoms with van der Waals surface area (Å²) in [6, 6.07) is 53.3. The molecule has 0 amide bonds. The minimum absolute atomic E-state index is 0.650. The lowest BCUT2D eigenvalue weighted by atomic mass is 10.0. The van der Waals surface area contributed by atoms with Gasteiger partial charge in [0.1, 0.15) is 5.82 Å². The molecule has 0 bridgehead atoms. The summed E-state index contributed by atoms with van der Waals surface area (Å²) < 4.78 is 4.68. The number of imidazole rings is 1. The van der Waals surface area contributed by atoms with E-state index in [1.165, 1.54) is 21.5 Å². The van der Waals surface area contributed by atoms with E-state index in [0.717, 1.165) is 71.9 Å². The van der Waals surface area contributed by atoms with Crippen molar-refractivity contribution in [3.8, 4) is 28.6 Å². The molecule has 0 aliphatic rings. The first-order valence-corrected chi connectivity index (χ1v) is 16.2. The van der Waals surface area contributed by atoms with Gasteiger partial charge in [-0.15, -0.1) is 0 Å². The molecular weight excluding hydrogens is 587 g/mol. The molecule has 0 aliphatic heterocycles. The minimum atomic E-state index is 0.650. The van der Waals surface area contributed by atoms with Gasteiger partial charge in [0.15, 0.2) is 0 Å². The maximum absolute atomic E-state index is 5.47. The van der Waals surface area contributed by atoms with Gasteiger partial charge in [0.2, 0.25) is 5.95 Å². The second-order valence-corrected chi connectivity index (χ2v) is 12.4. The zero-order valence-corrected chi connectivity index (χ0v) is 25.7. The summed E-state index contributed by atoms with van der Waals surface area (Å²) in [4.78, 5) is 16.2. The molecular formula is C43H25N5. The van der Waals surface area contributed by atoms with Crippen LogP contribution >= 0.6 is 0 Å². The van der Waals surface area contributed by atoms with Crippen LogP contribution in [0.3, 0.4) is 0 Å². The Bertz CT molecular complexity index is 3050. The summed E-state index contributed by atoms with van der Waals surface area (Å²) in [6.07, 6.45) is 0. The Morgan fingerprint density at radius 1 is 0.396 bits per heavy atom. The molecule has 0 saturated carbocycles.